The van der Waals surface area contributed by atoms with E-state index < -0.39 is 0 Å². The second-order valence-corrected chi connectivity index (χ2v) is 4.46. The van der Waals surface area contributed by atoms with Gasteiger partial charge < -0.3 is 11.1 Å². The van der Waals surface area contributed by atoms with Gasteiger partial charge in [0.1, 0.15) is 5.82 Å². The van der Waals surface area contributed by atoms with Crippen LogP contribution in [0.1, 0.15) is 16.7 Å². The standard InChI is InChI=1S/C15H17FN2/c1-10-3-4-11(2)15(7-10)18-14-6-5-12(9-17)8-13(14)16/h3-8,18H,9,17H2,1-2H3. The Balaban J connectivity index is 2.31. The van der Waals surface area contributed by atoms with Crippen LogP contribution in [0.15, 0.2) is 36.4 Å². The van der Waals surface area contributed by atoms with Gasteiger partial charge in [-0.1, -0.05) is 18.2 Å². The molecule has 0 unspecified atom stereocenters. The fourth-order valence-corrected chi connectivity index (χ4v) is 1.80. The second kappa shape index (κ2) is 5.19. The van der Waals surface area contributed by atoms with Gasteiger partial charge in [0.05, 0.1) is 5.69 Å². The van der Waals surface area contributed by atoms with Crippen LogP contribution in [0.5, 0.6) is 0 Å². The van der Waals surface area contributed by atoms with E-state index in [-0.39, 0.29) is 5.82 Å². The quantitative estimate of drug-likeness (QED) is 0.865. The Bertz CT molecular complexity index is 564. The maximum absolute atomic E-state index is 13.8. The molecule has 0 saturated carbocycles. The third kappa shape index (κ3) is 2.68. The lowest BCUT2D eigenvalue weighted by Gasteiger charge is -2.12. The molecule has 2 aromatic rings. The van der Waals surface area contributed by atoms with Crippen molar-refractivity contribution in [1.82, 2.24) is 0 Å². The van der Waals surface area contributed by atoms with Gasteiger partial charge in [0.15, 0.2) is 0 Å². The van der Waals surface area contributed by atoms with Gasteiger partial charge in [-0.05, 0) is 48.7 Å². The number of nitrogens with one attached hydrogen (secondary N) is 1. The minimum Gasteiger partial charge on any atom is -0.353 e. The zero-order valence-electron chi connectivity index (χ0n) is 10.6. The molecule has 0 heterocycles. The van der Waals surface area contributed by atoms with Crippen molar-refractivity contribution < 1.29 is 4.39 Å². The molecule has 2 aromatic carbocycles. The number of anilines is 2. The number of nitrogens with two attached hydrogens (primary N) is 1. The van der Waals surface area contributed by atoms with Gasteiger partial charge in [-0.2, -0.15) is 0 Å². The van der Waals surface area contributed by atoms with Gasteiger partial charge in [0.2, 0.25) is 0 Å². The molecule has 0 aliphatic rings. The van der Waals surface area contributed by atoms with Gasteiger partial charge in [-0.15, -0.1) is 0 Å². The molecule has 0 amide bonds. The maximum atomic E-state index is 13.8. The van der Waals surface area contributed by atoms with E-state index in [1.54, 1.807) is 6.07 Å². The third-order valence-electron chi connectivity index (χ3n) is 2.93. The molecule has 18 heavy (non-hydrogen) atoms. The Morgan fingerprint density at radius 1 is 1.06 bits per heavy atom. The van der Waals surface area contributed by atoms with Crippen LogP contribution < -0.4 is 11.1 Å². The van der Waals surface area contributed by atoms with Crippen LogP contribution in [0, 0.1) is 19.7 Å². The monoisotopic (exact) mass is 244 g/mol. The van der Waals surface area contributed by atoms with Crippen molar-refractivity contribution >= 4 is 11.4 Å². The summed E-state index contributed by atoms with van der Waals surface area (Å²) in [7, 11) is 0. The second-order valence-electron chi connectivity index (χ2n) is 4.46. The van der Waals surface area contributed by atoms with Crippen molar-refractivity contribution in [3.05, 3.63) is 58.9 Å². The van der Waals surface area contributed by atoms with Crippen LogP contribution in [0.2, 0.25) is 0 Å². The summed E-state index contributed by atoms with van der Waals surface area (Å²) >= 11 is 0. The van der Waals surface area contributed by atoms with Crippen LogP contribution in [0.3, 0.4) is 0 Å². The highest BCUT2D eigenvalue weighted by atomic mass is 19.1. The Morgan fingerprint density at radius 3 is 2.50 bits per heavy atom. The smallest absolute Gasteiger partial charge is 0.146 e. The van der Waals surface area contributed by atoms with Gasteiger partial charge in [-0.25, -0.2) is 4.39 Å². The van der Waals surface area contributed by atoms with Crippen molar-refractivity contribution in [3.63, 3.8) is 0 Å². The van der Waals surface area contributed by atoms with Crippen LogP contribution in [0.4, 0.5) is 15.8 Å². The van der Waals surface area contributed by atoms with E-state index in [1.807, 2.05) is 38.1 Å². The molecule has 0 spiro atoms. The summed E-state index contributed by atoms with van der Waals surface area (Å²) < 4.78 is 13.8. The molecule has 0 fully saturated rings. The van der Waals surface area contributed by atoms with Crippen molar-refractivity contribution in [3.8, 4) is 0 Å². The normalized spacial score (nSPS) is 10.4. The van der Waals surface area contributed by atoms with Crippen LogP contribution in [-0.2, 0) is 6.54 Å². The van der Waals surface area contributed by atoms with E-state index in [0.717, 1.165) is 22.4 Å². The van der Waals surface area contributed by atoms with Gasteiger partial charge in [-0.3, -0.25) is 0 Å². The summed E-state index contributed by atoms with van der Waals surface area (Å²) in [4.78, 5) is 0. The molecule has 0 aliphatic carbocycles. The predicted molar refractivity (Wildman–Crippen MR) is 73.5 cm³/mol. The SMILES string of the molecule is Cc1ccc(C)c(Nc2ccc(CN)cc2F)c1. The van der Waals surface area contributed by atoms with Crippen molar-refractivity contribution in [1.29, 1.82) is 0 Å². The molecule has 0 atom stereocenters. The van der Waals surface area contributed by atoms with Crippen molar-refractivity contribution in [2.45, 2.75) is 20.4 Å². The lowest BCUT2D eigenvalue weighted by molar-refractivity contribution is 0.629. The van der Waals surface area contributed by atoms with Crippen LogP contribution in [-0.4, -0.2) is 0 Å². The van der Waals surface area contributed by atoms with E-state index in [1.165, 1.54) is 6.07 Å². The number of halogens is 1. The molecule has 0 radical (unpaired) electrons. The summed E-state index contributed by atoms with van der Waals surface area (Å²) in [5.41, 5.74) is 9.89. The third-order valence-corrected chi connectivity index (χ3v) is 2.93. The first-order valence-electron chi connectivity index (χ1n) is 5.93. The highest BCUT2D eigenvalue weighted by Gasteiger charge is 2.05. The molecule has 3 N–H and O–H groups in total. The highest BCUT2D eigenvalue weighted by molar-refractivity contribution is 5.64. The van der Waals surface area contributed by atoms with Crippen molar-refractivity contribution in [2.24, 2.45) is 5.73 Å². The van der Waals surface area contributed by atoms with E-state index in [4.69, 9.17) is 5.73 Å². The molecular formula is C15H17FN2. The molecule has 0 bridgehead atoms. The summed E-state index contributed by atoms with van der Waals surface area (Å²) in [6, 6.07) is 11.1. The fraction of sp³-hybridized carbons (Fsp3) is 0.200. The Labute approximate surface area is 107 Å². The average molecular weight is 244 g/mol. The molecular weight excluding hydrogens is 227 g/mol. The fourth-order valence-electron chi connectivity index (χ4n) is 1.80. The highest BCUT2D eigenvalue weighted by Crippen LogP contribution is 2.24. The Kier molecular flexibility index (Phi) is 3.63. The van der Waals surface area contributed by atoms with Crippen LogP contribution >= 0.6 is 0 Å². The topological polar surface area (TPSA) is 38.0 Å². The van der Waals surface area contributed by atoms with Crippen LogP contribution in [0.25, 0.3) is 0 Å². The molecule has 0 saturated heterocycles. The number of hydrogen-bond donors (Lipinski definition) is 2. The first-order valence-corrected chi connectivity index (χ1v) is 5.93. The zero-order valence-corrected chi connectivity index (χ0v) is 10.6. The summed E-state index contributed by atoms with van der Waals surface area (Å²) in [6.45, 7) is 4.35. The summed E-state index contributed by atoms with van der Waals surface area (Å²) in [6.07, 6.45) is 0. The first-order chi connectivity index (χ1) is 8.60. The van der Waals surface area contributed by atoms with Gasteiger partial charge >= 0.3 is 0 Å². The average Bonchev–Trinajstić information content (AvgIpc) is 2.36. The molecule has 0 aromatic heterocycles. The summed E-state index contributed by atoms with van der Waals surface area (Å²) in [5, 5.41) is 3.12. The Hall–Kier alpha value is -1.87. The number of rotatable bonds is 3. The molecule has 94 valence electrons. The lowest BCUT2D eigenvalue weighted by Crippen LogP contribution is -2.00. The maximum Gasteiger partial charge on any atom is 0.146 e. The number of benzene rings is 2. The first kappa shape index (κ1) is 12.6. The van der Waals surface area contributed by atoms with Gasteiger partial charge in [0.25, 0.3) is 0 Å². The largest absolute Gasteiger partial charge is 0.353 e. The lowest BCUT2D eigenvalue weighted by atomic mass is 10.1. The Morgan fingerprint density at radius 2 is 1.83 bits per heavy atom. The van der Waals surface area contributed by atoms with E-state index >= 15 is 0 Å². The molecule has 2 nitrogen and oxygen atoms in total. The van der Waals surface area contributed by atoms with Crippen molar-refractivity contribution in [2.75, 3.05) is 5.32 Å². The number of hydrogen-bond acceptors (Lipinski definition) is 2. The van der Waals surface area contributed by atoms with E-state index in [0.29, 0.717) is 12.2 Å². The summed E-state index contributed by atoms with van der Waals surface area (Å²) in [5.74, 6) is -0.279. The van der Waals surface area contributed by atoms with Gasteiger partial charge in [0, 0.05) is 12.2 Å². The predicted octanol–water partition coefficient (Wildman–Crippen LogP) is 3.64. The zero-order chi connectivity index (χ0) is 13.1. The van der Waals surface area contributed by atoms with E-state index in [2.05, 4.69) is 5.32 Å². The molecule has 0 aliphatic heterocycles. The van der Waals surface area contributed by atoms with E-state index in [9.17, 15) is 4.39 Å². The molecule has 3 heteroatoms. The minimum absolute atomic E-state index is 0.279. The minimum atomic E-state index is -0.279. The number of aryl methyl sites for hydroxylation is 2. The molecule has 2 rings (SSSR count).